The Bertz CT molecular complexity index is 186. The van der Waals surface area contributed by atoms with Crippen molar-refractivity contribution in [3.05, 3.63) is 0 Å². The van der Waals surface area contributed by atoms with Crippen LogP contribution in [0.15, 0.2) is 0 Å². The summed E-state index contributed by atoms with van der Waals surface area (Å²) in [6.45, 7) is 3.31. The number of rotatable bonds is 5. The monoisotopic (exact) mass is 212 g/mol. The fourth-order valence-electron chi connectivity index (χ4n) is 2.14. The molecule has 0 atom stereocenters. The molecule has 0 bridgehead atoms. The van der Waals surface area contributed by atoms with Gasteiger partial charge in [0.15, 0.2) is 0 Å². The molecule has 88 valence electrons. The van der Waals surface area contributed by atoms with Gasteiger partial charge in [0.05, 0.1) is 0 Å². The highest BCUT2D eigenvalue weighted by atomic mass is 16.1. The van der Waals surface area contributed by atoms with Gasteiger partial charge in [-0.3, -0.25) is 4.79 Å². The largest absolute Gasteiger partial charge is 0.359 e. The average Bonchev–Trinajstić information content (AvgIpc) is 2.26. The van der Waals surface area contributed by atoms with E-state index in [1.165, 1.54) is 25.7 Å². The molecule has 0 heterocycles. The minimum absolute atomic E-state index is 0.147. The van der Waals surface area contributed by atoms with E-state index < -0.39 is 0 Å². The molecule has 0 aromatic rings. The maximum absolute atomic E-state index is 11.0. The van der Waals surface area contributed by atoms with Crippen molar-refractivity contribution in [2.75, 3.05) is 13.6 Å². The summed E-state index contributed by atoms with van der Waals surface area (Å²) in [6, 6.07) is 0.700. The van der Waals surface area contributed by atoms with Gasteiger partial charge in [-0.2, -0.15) is 0 Å². The van der Waals surface area contributed by atoms with Gasteiger partial charge in [0.25, 0.3) is 0 Å². The number of hydrogen-bond donors (Lipinski definition) is 2. The van der Waals surface area contributed by atoms with E-state index in [0.717, 1.165) is 18.9 Å². The van der Waals surface area contributed by atoms with Crippen molar-refractivity contribution in [1.29, 1.82) is 0 Å². The topological polar surface area (TPSA) is 41.1 Å². The highest BCUT2D eigenvalue weighted by molar-refractivity contribution is 5.75. The number of carbonyl (C=O) groups excluding carboxylic acids is 1. The van der Waals surface area contributed by atoms with E-state index in [4.69, 9.17) is 0 Å². The van der Waals surface area contributed by atoms with Crippen LogP contribution < -0.4 is 10.6 Å². The van der Waals surface area contributed by atoms with Crippen LogP contribution in [0.25, 0.3) is 0 Å². The predicted molar refractivity (Wildman–Crippen MR) is 62.7 cm³/mol. The van der Waals surface area contributed by atoms with Crippen molar-refractivity contribution in [2.24, 2.45) is 5.92 Å². The van der Waals surface area contributed by atoms with E-state index in [1.807, 2.05) is 0 Å². The molecular formula is C12H24N2O. The Kier molecular flexibility index (Phi) is 5.69. The maximum Gasteiger partial charge on any atom is 0.219 e. The fourth-order valence-corrected chi connectivity index (χ4v) is 2.14. The third-order valence-electron chi connectivity index (χ3n) is 3.31. The minimum atomic E-state index is 0.147. The molecule has 0 saturated heterocycles. The zero-order valence-electron chi connectivity index (χ0n) is 10.0. The van der Waals surface area contributed by atoms with Gasteiger partial charge in [0.1, 0.15) is 0 Å². The standard InChI is InChI=1S/C12H24N2O/c1-10-5-7-11(8-6-10)14-9-3-4-12(15)13-2/h10-11,14H,3-9H2,1-2H3,(H,13,15). The van der Waals surface area contributed by atoms with Crippen LogP contribution in [0.2, 0.25) is 0 Å². The second kappa shape index (κ2) is 6.83. The second-order valence-electron chi connectivity index (χ2n) is 4.69. The molecule has 1 saturated carbocycles. The molecule has 0 aromatic heterocycles. The van der Waals surface area contributed by atoms with E-state index >= 15 is 0 Å². The molecule has 0 radical (unpaired) electrons. The fraction of sp³-hybridized carbons (Fsp3) is 0.917. The number of carbonyl (C=O) groups is 1. The summed E-state index contributed by atoms with van der Waals surface area (Å²) in [6.07, 6.45) is 6.92. The van der Waals surface area contributed by atoms with Gasteiger partial charge in [0, 0.05) is 19.5 Å². The molecule has 1 fully saturated rings. The highest BCUT2D eigenvalue weighted by Crippen LogP contribution is 2.23. The molecule has 1 amide bonds. The summed E-state index contributed by atoms with van der Waals surface area (Å²) in [7, 11) is 1.69. The van der Waals surface area contributed by atoms with Crippen molar-refractivity contribution in [1.82, 2.24) is 10.6 Å². The van der Waals surface area contributed by atoms with Gasteiger partial charge in [-0.15, -0.1) is 0 Å². The predicted octanol–water partition coefficient (Wildman–Crippen LogP) is 1.68. The van der Waals surface area contributed by atoms with Crippen LogP contribution in [-0.2, 0) is 4.79 Å². The minimum Gasteiger partial charge on any atom is -0.359 e. The van der Waals surface area contributed by atoms with Crippen LogP contribution in [0.4, 0.5) is 0 Å². The lowest BCUT2D eigenvalue weighted by atomic mass is 9.87. The number of amides is 1. The molecule has 3 heteroatoms. The lowest BCUT2D eigenvalue weighted by Gasteiger charge is -2.26. The average molecular weight is 212 g/mol. The van der Waals surface area contributed by atoms with Crippen LogP contribution in [-0.4, -0.2) is 25.5 Å². The van der Waals surface area contributed by atoms with Gasteiger partial charge < -0.3 is 10.6 Å². The van der Waals surface area contributed by atoms with Gasteiger partial charge >= 0.3 is 0 Å². The Morgan fingerprint density at radius 2 is 1.93 bits per heavy atom. The summed E-state index contributed by atoms with van der Waals surface area (Å²) in [5, 5.41) is 6.18. The molecule has 15 heavy (non-hydrogen) atoms. The van der Waals surface area contributed by atoms with E-state index in [9.17, 15) is 4.79 Å². The Balaban J connectivity index is 1.98. The van der Waals surface area contributed by atoms with Crippen LogP contribution in [0, 0.1) is 5.92 Å². The van der Waals surface area contributed by atoms with Crippen LogP contribution in [0.5, 0.6) is 0 Å². The number of hydrogen-bond acceptors (Lipinski definition) is 2. The Hall–Kier alpha value is -0.570. The molecule has 3 nitrogen and oxygen atoms in total. The molecule has 0 spiro atoms. The quantitative estimate of drug-likeness (QED) is 0.681. The Morgan fingerprint density at radius 1 is 1.27 bits per heavy atom. The lowest BCUT2D eigenvalue weighted by molar-refractivity contribution is -0.120. The SMILES string of the molecule is CNC(=O)CCCNC1CCC(C)CC1. The van der Waals surface area contributed by atoms with Gasteiger partial charge in [0.2, 0.25) is 5.91 Å². The summed E-state index contributed by atoms with van der Waals surface area (Å²) in [5.41, 5.74) is 0. The van der Waals surface area contributed by atoms with Crippen molar-refractivity contribution >= 4 is 5.91 Å². The van der Waals surface area contributed by atoms with E-state index in [2.05, 4.69) is 17.6 Å². The molecule has 0 aliphatic heterocycles. The summed E-state index contributed by atoms with van der Waals surface area (Å²) >= 11 is 0. The smallest absolute Gasteiger partial charge is 0.219 e. The molecule has 0 unspecified atom stereocenters. The molecule has 0 aromatic carbocycles. The van der Waals surface area contributed by atoms with Gasteiger partial charge in [-0.25, -0.2) is 0 Å². The Morgan fingerprint density at radius 3 is 2.53 bits per heavy atom. The molecule has 1 aliphatic carbocycles. The van der Waals surface area contributed by atoms with Crippen LogP contribution in [0.1, 0.15) is 45.4 Å². The van der Waals surface area contributed by atoms with Crippen molar-refractivity contribution < 1.29 is 4.79 Å². The van der Waals surface area contributed by atoms with E-state index in [-0.39, 0.29) is 5.91 Å². The van der Waals surface area contributed by atoms with Crippen LogP contribution in [0.3, 0.4) is 0 Å². The second-order valence-corrected chi connectivity index (χ2v) is 4.69. The molecule has 1 rings (SSSR count). The van der Waals surface area contributed by atoms with E-state index in [1.54, 1.807) is 7.05 Å². The normalized spacial score (nSPS) is 26.3. The maximum atomic E-state index is 11.0. The van der Waals surface area contributed by atoms with Crippen LogP contribution >= 0.6 is 0 Å². The third-order valence-corrected chi connectivity index (χ3v) is 3.31. The Labute approximate surface area is 93.0 Å². The summed E-state index contributed by atoms with van der Waals surface area (Å²) in [5.74, 6) is 1.06. The third kappa shape index (κ3) is 5.17. The molecule has 1 aliphatic rings. The zero-order chi connectivity index (χ0) is 11.1. The molecule has 2 N–H and O–H groups in total. The number of nitrogens with one attached hydrogen (secondary N) is 2. The zero-order valence-corrected chi connectivity index (χ0v) is 10.0. The van der Waals surface area contributed by atoms with Crippen molar-refractivity contribution in [3.8, 4) is 0 Å². The van der Waals surface area contributed by atoms with Gasteiger partial charge in [-0.05, 0) is 44.6 Å². The summed E-state index contributed by atoms with van der Waals surface area (Å²) < 4.78 is 0. The highest BCUT2D eigenvalue weighted by Gasteiger charge is 2.16. The first kappa shape index (κ1) is 12.5. The van der Waals surface area contributed by atoms with Gasteiger partial charge in [-0.1, -0.05) is 6.92 Å². The first-order valence-electron chi connectivity index (χ1n) is 6.16. The van der Waals surface area contributed by atoms with E-state index in [0.29, 0.717) is 12.5 Å². The first-order valence-corrected chi connectivity index (χ1v) is 6.16. The van der Waals surface area contributed by atoms with Crippen molar-refractivity contribution in [3.63, 3.8) is 0 Å². The summed E-state index contributed by atoms with van der Waals surface area (Å²) in [4.78, 5) is 11.0. The molecular weight excluding hydrogens is 188 g/mol. The lowest BCUT2D eigenvalue weighted by Crippen LogP contribution is -2.33. The van der Waals surface area contributed by atoms with Crippen molar-refractivity contribution in [2.45, 2.75) is 51.5 Å². The first-order chi connectivity index (χ1) is 7.22.